The fraction of sp³-hybridized carbons (Fsp3) is 0.188. The Hall–Kier alpha value is -1.63. The maximum atomic E-state index is 8.60. The summed E-state index contributed by atoms with van der Waals surface area (Å²) in [6.07, 6.45) is 0.433. The predicted molar refractivity (Wildman–Crippen MR) is 83.4 cm³/mol. The third kappa shape index (κ3) is 4.48. The van der Waals surface area contributed by atoms with Crippen LogP contribution in [-0.2, 0) is 6.42 Å². The van der Waals surface area contributed by atoms with Gasteiger partial charge in [0, 0.05) is 10.6 Å². The highest BCUT2D eigenvalue weighted by atomic mass is 35.5. The highest BCUT2D eigenvalue weighted by Gasteiger charge is 2.00. The average Bonchev–Trinajstić information content (AvgIpc) is 2.47. The van der Waals surface area contributed by atoms with E-state index in [2.05, 4.69) is 6.07 Å². The number of nitrogens with zero attached hydrogens (tertiary/aromatic N) is 1. The van der Waals surface area contributed by atoms with E-state index in [0.717, 1.165) is 27.0 Å². The minimum atomic E-state index is 0.433. The summed E-state index contributed by atoms with van der Waals surface area (Å²) >= 11 is 7.76. The van der Waals surface area contributed by atoms with Crippen LogP contribution in [0.1, 0.15) is 5.56 Å². The number of rotatable bonds is 6. The summed E-state index contributed by atoms with van der Waals surface area (Å²) in [6, 6.07) is 17.5. The van der Waals surface area contributed by atoms with E-state index in [0.29, 0.717) is 13.0 Å². The van der Waals surface area contributed by atoms with Gasteiger partial charge in [-0.05, 0) is 29.8 Å². The van der Waals surface area contributed by atoms with Crippen molar-refractivity contribution in [2.24, 2.45) is 0 Å². The molecule has 0 saturated heterocycles. The molecule has 0 aliphatic carbocycles. The third-order valence-electron chi connectivity index (χ3n) is 2.65. The fourth-order valence-corrected chi connectivity index (χ4v) is 2.73. The van der Waals surface area contributed by atoms with Gasteiger partial charge in [0.1, 0.15) is 5.75 Å². The SMILES string of the molecule is N#CCc1ccc(OCCSc2ccccc2Cl)cc1. The molecule has 0 radical (unpaired) electrons. The van der Waals surface area contributed by atoms with Crippen LogP contribution in [-0.4, -0.2) is 12.4 Å². The van der Waals surface area contributed by atoms with Crippen LogP contribution >= 0.6 is 23.4 Å². The molecule has 4 heteroatoms. The molecule has 2 rings (SSSR count). The Morgan fingerprint density at radius 3 is 2.55 bits per heavy atom. The van der Waals surface area contributed by atoms with Gasteiger partial charge in [0.15, 0.2) is 0 Å². The Morgan fingerprint density at radius 1 is 1.10 bits per heavy atom. The van der Waals surface area contributed by atoms with Crippen molar-refractivity contribution in [3.63, 3.8) is 0 Å². The van der Waals surface area contributed by atoms with Crippen LogP contribution in [0.3, 0.4) is 0 Å². The van der Waals surface area contributed by atoms with Gasteiger partial charge < -0.3 is 4.74 Å². The summed E-state index contributed by atoms with van der Waals surface area (Å²) in [4.78, 5) is 1.07. The van der Waals surface area contributed by atoms with Crippen molar-refractivity contribution in [2.75, 3.05) is 12.4 Å². The molecule has 2 aromatic rings. The molecular formula is C16H14ClNOS. The summed E-state index contributed by atoms with van der Waals surface area (Å²) in [6.45, 7) is 0.619. The van der Waals surface area contributed by atoms with Gasteiger partial charge in [0.25, 0.3) is 0 Å². The van der Waals surface area contributed by atoms with Gasteiger partial charge in [-0.2, -0.15) is 5.26 Å². The van der Waals surface area contributed by atoms with E-state index >= 15 is 0 Å². The Kier molecular flexibility index (Phi) is 5.79. The largest absolute Gasteiger partial charge is 0.493 e. The minimum Gasteiger partial charge on any atom is -0.493 e. The lowest BCUT2D eigenvalue weighted by atomic mass is 10.2. The minimum absolute atomic E-state index is 0.433. The molecule has 20 heavy (non-hydrogen) atoms. The van der Waals surface area contributed by atoms with E-state index in [-0.39, 0.29) is 0 Å². The molecule has 0 amide bonds. The van der Waals surface area contributed by atoms with E-state index < -0.39 is 0 Å². The Morgan fingerprint density at radius 2 is 1.85 bits per heavy atom. The average molecular weight is 304 g/mol. The molecular weight excluding hydrogens is 290 g/mol. The number of hydrogen-bond acceptors (Lipinski definition) is 3. The quantitative estimate of drug-likeness (QED) is 0.578. The molecule has 0 N–H and O–H groups in total. The van der Waals surface area contributed by atoms with E-state index in [1.807, 2.05) is 48.5 Å². The first-order chi connectivity index (χ1) is 9.79. The van der Waals surface area contributed by atoms with Crippen molar-refractivity contribution in [1.82, 2.24) is 0 Å². The number of hydrogen-bond donors (Lipinski definition) is 0. The standard InChI is InChI=1S/C16H14ClNOS/c17-15-3-1-2-4-16(15)20-12-11-19-14-7-5-13(6-8-14)9-10-18/h1-8H,9,11-12H2. The molecule has 0 bridgehead atoms. The van der Waals surface area contributed by atoms with Gasteiger partial charge in [-0.15, -0.1) is 11.8 Å². The number of nitriles is 1. The first-order valence-electron chi connectivity index (χ1n) is 6.25. The van der Waals surface area contributed by atoms with Crippen LogP contribution in [0.5, 0.6) is 5.75 Å². The van der Waals surface area contributed by atoms with Crippen LogP contribution in [0.15, 0.2) is 53.4 Å². The molecule has 0 unspecified atom stereocenters. The summed E-state index contributed by atoms with van der Waals surface area (Å²) in [7, 11) is 0. The molecule has 0 aliphatic heterocycles. The zero-order chi connectivity index (χ0) is 14.2. The first-order valence-corrected chi connectivity index (χ1v) is 7.62. The van der Waals surface area contributed by atoms with Crippen LogP contribution < -0.4 is 4.74 Å². The van der Waals surface area contributed by atoms with Crippen LogP contribution in [0, 0.1) is 11.3 Å². The number of ether oxygens (including phenoxy) is 1. The molecule has 102 valence electrons. The maximum Gasteiger partial charge on any atom is 0.119 e. The molecule has 0 fully saturated rings. The third-order valence-corrected chi connectivity index (χ3v) is 4.13. The van der Waals surface area contributed by atoms with Crippen molar-refractivity contribution in [1.29, 1.82) is 5.26 Å². The fourth-order valence-electron chi connectivity index (χ4n) is 1.67. The topological polar surface area (TPSA) is 33.0 Å². The lowest BCUT2D eigenvalue weighted by Gasteiger charge is -2.07. The zero-order valence-electron chi connectivity index (χ0n) is 10.9. The second-order valence-corrected chi connectivity index (χ2v) is 5.65. The van der Waals surface area contributed by atoms with Gasteiger partial charge in [-0.3, -0.25) is 0 Å². The van der Waals surface area contributed by atoms with Crippen molar-refractivity contribution in [3.05, 3.63) is 59.1 Å². The van der Waals surface area contributed by atoms with Crippen LogP contribution in [0.25, 0.3) is 0 Å². The summed E-state index contributed by atoms with van der Waals surface area (Å²) in [5.74, 6) is 1.66. The second kappa shape index (κ2) is 7.84. The maximum absolute atomic E-state index is 8.60. The summed E-state index contributed by atoms with van der Waals surface area (Å²) < 4.78 is 5.65. The van der Waals surface area contributed by atoms with E-state index in [9.17, 15) is 0 Å². The van der Waals surface area contributed by atoms with Gasteiger partial charge in [0.2, 0.25) is 0 Å². The Balaban J connectivity index is 1.76. The van der Waals surface area contributed by atoms with Crippen molar-refractivity contribution < 1.29 is 4.74 Å². The van der Waals surface area contributed by atoms with Gasteiger partial charge in [-0.25, -0.2) is 0 Å². The monoisotopic (exact) mass is 303 g/mol. The van der Waals surface area contributed by atoms with Gasteiger partial charge in [0.05, 0.1) is 24.1 Å². The van der Waals surface area contributed by atoms with Crippen LogP contribution in [0.4, 0.5) is 0 Å². The summed E-state index contributed by atoms with van der Waals surface area (Å²) in [5, 5.41) is 9.37. The lowest BCUT2D eigenvalue weighted by Crippen LogP contribution is -2.00. The number of thioether (sulfide) groups is 1. The molecule has 0 spiro atoms. The van der Waals surface area contributed by atoms with Crippen LogP contribution in [0.2, 0.25) is 5.02 Å². The zero-order valence-corrected chi connectivity index (χ0v) is 12.5. The smallest absolute Gasteiger partial charge is 0.119 e. The van der Waals surface area contributed by atoms with E-state index in [1.54, 1.807) is 11.8 Å². The van der Waals surface area contributed by atoms with E-state index in [1.165, 1.54) is 0 Å². The summed E-state index contributed by atoms with van der Waals surface area (Å²) in [5.41, 5.74) is 1.00. The van der Waals surface area contributed by atoms with Gasteiger partial charge >= 0.3 is 0 Å². The highest BCUT2D eigenvalue weighted by molar-refractivity contribution is 7.99. The molecule has 0 heterocycles. The molecule has 0 atom stereocenters. The number of benzene rings is 2. The lowest BCUT2D eigenvalue weighted by molar-refractivity contribution is 0.344. The number of halogens is 1. The predicted octanol–water partition coefficient (Wildman–Crippen LogP) is 4.58. The Bertz CT molecular complexity index is 592. The molecule has 0 aromatic heterocycles. The van der Waals surface area contributed by atoms with E-state index in [4.69, 9.17) is 21.6 Å². The van der Waals surface area contributed by atoms with Gasteiger partial charge in [-0.1, -0.05) is 35.9 Å². The molecule has 0 saturated carbocycles. The second-order valence-electron chi connectivity index (χ2n) is 4.11. The van der Waals surface area contributed by atoms with Crippen molar-refractivity contribution in [2.45, 2.75) is 11.3 Å². The normalized spacial score (nSPS) is 10.0. The molecule has 2 nitrogen and oxygen atoms in total. The van der Waals surface area contributed by atoms with Crippen molar-refractivity contribution in [3.8, 4) is 11.8 Å². The molecule has 0 aliphatic rings. The highest BCUT2D eigenvalue weighted by Crippen LogP contribution is 2.26. The first kappa shape index (κ1) is 14.8. The Labute approximate surface area is 128 Å². The van der Waals surface area contributed by atoms with Crippen molar-refractivity contribution >= 4 is 23.4 Å². The molecule has 2 aromatic carbocycles.